The van der Waals surface area contributed by atoms with E-state index < -0.39 is 18.2 Å². The molecule has 6 nitrogen and oxygen atoms in total. The summed E-state index contributed by atoms with van der Waals surface area (Å²) in [6.45, 7) is 3.88. The van der Waals surface area contributed by atoms with E-state index in [2.05, 4.69) is 5.32 Å². The minimum Gasteiger partial charge on any atom is -0.445 e. The second-order valence-electron chi connectivity index (χ2n) is 7.12. The van der Waals surface area contributed by atoms with Gasteiger partial charge in [-0.05, 0) is 24.5 Å². The molecular formula is C23H30N2O4. The zero-order chi connectivity index (χ0) is 21.2. The number of nitrogens with zero attached hydrogens (tertiary/aromatic N) is 1. The molecule has 6 heteroatoms. The molecule has 0 aliphatic rings. The SMILES string of the molecule is CC[C@H](CC(=O)N(C)[C@@H](C)[C@@H](O)c1ccccc1)NC(=O)OCc1ccccc1. The Morgan fingerprint density at radius 2 is 1.66 bits per heavy atom. The van der Waals surface area contributed by atoms with E-state index in [0.717, 1.165) is 11.1 Å². The van der Waals surface area contributed by atoms with E-state index in [-0.39, 0.29) is 25.0 Å². The molecule has 0 spiro atoms. The Morgan fingerprint density at radius 3 is 2.24 bits per heavy atom. The second-order valence-corrected chi connectivity index (χ2v) is 7.12. The molecular weight excluding hydrogens is 368 g/mol. The fourth-order valence-electron chi connectivity index (χ4n) is 2.95. The smallest absolute Gasteiger partial charge is 0.407 e. The van der Waals surface area contributed by atoms with Gasteiger partial charge in [0, 0.05) is 19.5 Å². The van der Waals surface area contributed by atoms with Crippen molar-refractivity contribution in [2.24, 2.45) is 0 Å². The number of benzene rings is 2. The van der Waals surface area contributed by atoms with Crippen LogP contribution in [0.3, 0.4) is 0 Å². The topological polar surface area (TPSA) is 78.9 Å². The minimum atomic E-state index is -0.783. The van der Waals surface area contributed by atoms with Gasteiger partial charge in [0.25, 0.3) is 0 Å². The maximum Gasteiger partial charge on any atom is 0.407 e. The molecule has 156 valence electrons. The molecule has 29 heavy (non-hydrogen) atoms. The van der Waals surface area contributed by atoms with E-state index >= 15 is 0 Å². The van der Waals surface area contributed by atoms with Crippen LogP contribution in [0.15, 0.2) is 60.7 Å². The maximum absolute atomic E-state index is 12.7. The van der Waals surface area contributed by atoms with Crippen molar-refractivity contribution < 1.29 is 19.4 Å². The number of aliphatic hydroxyl groups excluding tert-OH is 1. The largest absolute Gasteiger partial charge is 0.445 e. The summed E-state index contributed by atoms with van der Waals surface area (Å²) < 4.78 is 5.23. The first-order chi connectivity index (χ1) is 13.9. The molecule has 2 aromatic rings. The van der Waals surface area contributed by atoms with Crippen molar-refractivity contribution in [1.82, 2.24) is 10.2 Å². The van der Waals surface area contributed by atoms with Crippen molar-refractivity contribution in [3.63, 3.8) is 0 Å². The van der Waals surface area contributed by atoms with Crippen LogP contribution in [-0.4, -0.2) is 41.1 Å². The van der Waals surface area contributed by atoms with Crippen LogP contribution in [0.5, 0.6) is 0 Å². The molecule has 0 fully saturated rings. The lowest BCUT2D eigenvalue weighted by Crippen LogP contribution is -2.43. The monoisotopic (exact) mass is 398 g/mol. The molecule has 0 bridgehead atoms. The number of aliphatic hydroxyl groups is 1. The maximum atomic E-state index is 12.7. The van der Waals surface area contributed by atoms with E-state index in [0.29, 0.717) is 6.42 Å². The van der Waals surface area contributed by atoms with Crippen LogP contribution in [0.25, 0.3) is 0 Å². The molecule has 2 aromatic carbocycles. The number of ether oxygens (including phenoxy) is 1. The summed E-state index contributed by atoms with van der Waals surface area (Å²) in [5.74, 6) is -0.150. The van der Waals surface area contributed by atoms with Crippen molar-refractivity contribution in [2.75, 3.05) is 7.05 Å². The summed E-state index contributed by atoms with van der Waals surface area (Å²) in [6, 6.07) is 17.9. The number of carbonyl (C=O) groups excluding carboxylic acids is 2. The Labute approximate surface area is 172 Å². The third-order valence-electron chi connectivity index (χ3n) is 5.05. The quantitative estimate of drug-likeness (QED) is 0.676. The number of carbonyl (C=O) groups is 2. The number of likely N-dealkylation sites (N-methyl/N-ethyl adjacent to an activating group) is 1. The van der Waals surface area contributed by atoms with Gasteiger partial charge >= 0.3 is 6.09 Å². The van der Waals surface area contributed by atoms with Crippen LogP contribution < -0.4 is 5.32 Å². The van der Waals surface area contributed by atoms with E-state index in [9.17, 15) is 14.7 Å². The first-order valence-electron chi connectivity index (χ1n) is 9.88. The first-order valence-corrected chi connectivity index (χ1v) is 9.88. The molecule has 3 atom stereocenters. The van der Waals surface area contributed by atoms with Gasteiger partial charge in [-0.15, -0.1) is 0 Å². The Balaban J connectivity index is 1.85. The molecule has 0 aliphatic heterocycles. The predicted molar refractivity (Wildman–Crippen MR) is 112 cm³/mol. The number of rotatable bonds is 9. The molecule has 0 aliphatic carbocycles. The molecule has 0 unspecified atom stereocenters. The lowest BCUT2D eigenvalue weighted by Gasteiger charge is -2.30. The average Bonchev–Trinajstić information content (AvgIpc) is 2.76. The molecule has 2 N–H and O–H groups in total. The third-order valence-corrected chi connectivity index (χ3v) is 5.05. The van der Waals surface area contributed by atoms with Gasteiger partial charge in [-0.25, -0.2) is 4.79 Å². The predicted octanol–water partition coefficient (Wildman–Crippen LogP) is 3.66. The number of hydrogen-bond donors (Lipinski definition) is 2. The lowest BCUT2D eigenvalue weighted by molar-refractivity contribution is -0.134. The molecule has 0 saturated carbocycles. The highest BCUT2D eigenvalue weighted by atomic mass is 16.5. The first kappa shape index (κ1) is 22.4. The zero-order valence-electron chi connectivity index (χ0n) is 17.2. The number of amides is 2. The van der Waals surface area contributed by atoms with Gasteiger partial charge in [0.2, 0.25) is 5.91 Å². The van der Waals surface area contributed by atoms with Gasteiger partial charge in [0.1, 0.15) is 6.61 Å². The van der Waals surface area contributed by atoms with Crippen molar-refractivity contribution in [2.45, 2.75) is 51.5 Å². The number of nitrogens with one attached hydrogen (secondary N) is 1. The summed E-state index contributed by atoms with van der Waals surface area (Å²) in [5.41, 5.74) is 1.66. The molecule has 0 saturated heterocycles. The van der Waals surface area contributed by atoms with Crippen molar-refractivity contribution in [1.29, 1.82) is 0 Å². The van der Waals surface area contributed by atoms with Crippen LogP contribution in [0.2, 0.25) is 0 Å². The second kappa shape index (κ2) is 11.2. The van der Waals surface area contributed by atoms with Crippen LogP contribution in [0.1, 0.15) is 43.9 Å². The van der Waals surface area contributed by atoms with E-state index in [1.807, 2.05) is 67.6 Å². The summed E-state index contributed by atoms with van der Waals surface area (Å²) in [7, 11) is 1.67. The van der Waals surface area contributed by atoms with Crippen LogP contribution in [0, 0.1) is 0 Å². The van der Waals surface area contributed by atoms with E-state index in [1.165, 1.54) is 4.90 Å². The van der Waals surface area contributed by atoms with Gasteiger partial charge in [0.15, 0.2) is 0 Å². The highest BCUT2D eigenvalue weighted by Crippen LogP contribution is 2.20. The van der Waals surface area contributed by atoms with Gasteiger partial charge in [-0.3, -0.25) is 4.79 Å². The Kier molecular flexibility index (Phi) is 8.68. The van der Waals surface area contributed by atoms with Gasteiger partial charge in [0.05, 0.1) is 12.1 Å². The summed E-state index contributed by atoms with van der Waals surface area (Å²) >= 11 is 0. The molecule has 0 aromatic heterocycles. The summed E-state index contributed by atoms with van der Waals surface area (Å²) in [6.07, 6.45) is -0.600. The summed E-state index contributed by atoms with van der Waals surface area (Å²) in [5, 5.41) is 13.3. The molecule has 0 heterocycles. The molecule has 2 amide bonds. The van der Waals surface area contributed by atoms with Crippen molar-refractivity contribution >= 4 is 12.0 Å². The normalized spacial score (nSPS) is 13.8. The highest BCUT2D eigenvalue weighted by Gasteiger charge is 2.26. The van der Waals surface area contributed by atoms with Crippen molar-refractivity contribution in [3.8, 4) is 0 Å². The molecule has 0 radical (unpaired) electrons. The number of hydrogen-bond acceptors (Lipinski definition) is 4. The van der Waals surface area contributed by atoms with Gasteiger partial charge in [-0.2, -0.15) is 0 Å². The Morgan fingerprint density at radius 1 is 1.07 bits per heavy atom. The van der Waals surface area contributed by atoms with Crippen LogP contribution >= 0.6 is 0 Å². The fourth-order valence-corrected chi connectivity index (χ4v) is 2.95. The van der Waals surface area contributed by atoms with Crippen molar-refractivity contribution in [3.05, 3.63) is 71.8 Å². The van der Waals surface area contributed by atoms with Crippen LogP contribution in [0.4, 0.5) is 4.79 Å². The van der Waals surface area contributed by atoms with Crippen LogP contribution in [-0.2, 0) is 16.1 Å². The van der Waals surface area contributed by atoms with Gasteiger partial charge < -0.3 is 20.1 Å². The minimum absolute atomic E-state index is 0.138. The van der Waals surface area contributed by atoms with E-state index in [1.54, 1.807) is 14.0 Å². The summed E-state index contributed by atoms with van der Waals surface area (Å²) in [4.78, 5) is 26.3. The fraction of sp³-hybridized carbons (Fsp3) is 0.391. The number of alkyl carbamates (subject to hydrolysis) is 1. The third kappa shape index (κ3) is 6.91. The highest BCUT2D eigenvalue weighted by molar-refractivity contribution is 5.78. The standard InChI is InChI=1S/C23H30N2O4/c1-4-20(24-23(28)29-16-18-11-7-5-8-12-18)15-21(26)25(3)17(2)22(27)19-13-9-6-10-14-19/h5-14,17,20,22,27H,4,15-16H2,1-3H3,(H,24,28)/t17-,20+,22+/m0/s1. The lowest BCUT2D eigenvalue weighted by atomic mass is 10.0. The Hall–Kier alpha value is -2.86. The molecule has 2 rings (SSSR count). The Bertz CT molecular complexity index is 767. The van der Waals surface area contributed by atoms with E-state index in [4.69, 9.17) is 4.74 Å². The average molecular weight is 399 g/mol. The zero-order valence-corrected chi connectivity index (χ0v) is 17.2. The van der Waals surface area contributed by atoms with Gasteiger partial charge in [-0.1, -0.05) is 67.6 Å².